The van der Waals surface area contributed by atoms with Crippen LogP contribution in [0.1, 0.15) is 30.7 Å². The van der Waals surface area contributed by atoms with Gasteiger partial charge in [-0.25, -0.2) is 9.97 Å². The summed E-state index contributed by atoms with van der Waals surface area (Å²) in [5, 5.41) is 4.09. The van der Waals surface area contributed by atoms with Crippen molar-refractivity contribution >= 4 is 17.7 Å². The minimum absolute atomic E-state index is 0.734. The summed E-state index contributed by atoms with van der Waals surface area (Å²) in [7, 11) is 0. The van der Waals surface area contributed by atoms with E-state index in [1.54, 1.807) is 0 Å². The maximum Gasteiger partial charge on any atom is 0.223 e. The number of nitrogens with zero attached hydrogens (tertiary/aromatic N) is 2. The van der Waals surface area contributed by atoms with Crippen molar-refractivity contribution in [2.75, 3.05) is 17.6 Å². The second-order valence-electron chi connectivity index (χ2n) is 4.34. The van der Waals surface area contributed by atoms with Gasteiger partial charge in [0.25, 0.3) is 0 Å². The van der Waals surface area contributed by atoms with Crippen LogP contribution in [0.25, 0.3) is 0 Å². The number of aryl methyl sites for hydroxylation is 2. The molecular weight excluding hydrogens is 218 g/mol. The molecule has 0 bridgehead atoms. The Hall–Kier alpha value is -0.770. The van der Waals surface area contributed by atoms with Crippen molar-refractivity contribution in [1.29, 1.82) is 0 Å². The van der Waals surface area contributed by atoms with E-state index in [4.69, 9.17) is 0 Å². The van der Waals surface area contributed by atoms with E-state index in [0.29, 0.717) is 0 Å². The van der Waals surface area contributed by atoms with Crippen LogP contribution < -0.4 is 5.32 Å². The molecule has 1 unspecified atom stereocenters. The number of thioether (sulfide) groups is 1. The molecule has 0 aliphatic carbocycles. The minimum atomic E-state index is 0.734. The fourth-order valence-electron chi connectivity index (χ4n) is 1.98. The minimum Gasteiger partial charge on any atom is -0.353 e. The maximum atomic E-state index is 4.39. The summed E-state index contributed by atoms with van der Waals surface area (Å²) >= 11 is 2.07. The number of hydrogen-bond donors (Lipinski definition) is 1. The highest BCUT2D eigenvalue weighted by atomic mass is 32.2. The van der Waals surface area contributed by atoms with Gasteiger partial charge in [-0.15, -0.1) is 0 Å². The van der Waals surface area contributed by atoms with Crippen molar-refractivity contribution in [2.24, 2.45) is 0 Å². The molecule has 2 heterocycles. The van der Waals surface area contributed by atoms with Crippen LogP contribution in [0.2, 0.25) is 0 Å². The monoisotopic (exact) mass is 237 g/mol. The quantitative estimate of drug-likeness (QED) is 0.877. The first kappa shape index (κ1) is 11.7. The van der Waals surface area contributed by atoms with Gasteiger partial charge in [-0.05, 0) is 38.5 Å². The highest BCUT2D eigenvalue weighted by Gasteiger charge is 2.13. The van der Waals surface area contributed by atoms with Gasteiger partial charge < -0.3 is 5.32 Å². The lowest BCUT2D eigenvalue weighted by Gasteiger charge is -2.21. The first-order chi connectivity index (χ1) is 7.74. The molecule has 16 heavy (non-hydrogen) atoms. The van der Waals surface area contributed by atoms with E-state index in [9.17, 15) is 0 Å². The van der Waals surface area contributed by atoms with E-state index < -0.39 is 0 Å². The molecule has 0 aromatic carbocycles. The molecule has 1 atom stereocenters. The summed E-state index contributed by atoms with van der Waals surface area (Å²) in [5.74, 6) is 2.09. The summed E-state index contributed by atoms with van der Waals surface area (Å²) in [5.41, 5.74) is 2.07. The van der Waals surface area contributed by atoms with Gasteiger partial charge in [-0.1, -0.05) is 6.42 Å². The Balaban J connectivity index is 1.88. The number of hydrogen-bond acceptors (Lipinski definition) is 4. The van der Waals surface area contributed by atoms with E-state index in [-0.39, 0.29) is 0 Å². The van der Waals surface area contributed by atoms with Crippen molar-refractivity contribution in [3.8, 4) is 0 Å². The van der Waals surface area contributed by atoms with Crippen LogP contribution in [0.4, 0.5) is 5.95 Å². The zero-order chi connectivity index (χ0) is 11.4. The number of aromatic nitrogens is 2. The predicted molar refractivity (Wildman–Crippen MR) is 70.1 cm³/mol. The summed E-state index contributed by atoms with van der Waals surface area (Å²) < 4.78 is 0. The average molecular weight is 237 g/mol. The van der Waals surface area contributed by atoms with Crippen LogP contribution >= 0.6 is 11.8 Å². The van der Waals surface area contributed by atoms with Crippen molar-refractivity contribution in [3.63, 3.8) is 0 Å². The Morgan fingerprint density at radius 2 is 2.06 bits per heavy atom. The zero-order valence-corrected chi connectivity index (χ0v) is 10.8. The third kappa shape index (κ3) is 3.37. The molecule has 1 saturated heterocycles. The molecule has 4 heteroatoms. The van der Waals surface area contributed by atoms with Crippen molar-refractivity contribution in [1.82, 2.24) is 9.97 Å². The summed E-state index contributed by atoms with van der Waals surface area (Å²) in [6.45, 7) is 5.01. The van der Waals surface area contributed by atoms with Gasteiger partial charge in [-0.2, -0.15) is 11.8 Å². The molecule has 0 saturated carbocycles. The smallest absolute Gasteiger partial charge is 0.223 e. The molecule has 1 aliphatic rings. The Kier molecular flexibility index (Phi) is 4.04. The van der Waals surface area contributed by atoms with Gasteiger partial charge in [0, 0.05) is 23.2 Å². The SMILES string of the molecule is Cc1cc(C)nc(NCC2CCCCS2)n1. The lowest BCUT2D eigenvalue weighted by atomic mass is 10.2. The molecule has 1 aromatic heterocycles. The van der Waals surface area contributed by atoms with E-state index in [1.807, 2.05) is 19.9 Å². The molecule has 1 fully saturated rings. The fourth-order valence-corrected chi connectivity index (χ4v) is 3.22. The third-order valence-corrected chi connectivity index (χ3v) is 4.14. The van der Waals surface area contributed by atoms with Crippen LogP contribution in [-0.2, 0) is 0 Å². The second kappa shape index (κ2) is 5.53. The van der Waals surface area contributed by atoms with Gasteiger partial charge in [0.1, 0.15) is 0 Å². The van der Waals surface area contributed by atoms with E-state index >= 15 is 0 Å². The van der Waals surface area contributed by atoms with Crippen molar-refractivity contribution in [2.45, 2.75) is 38.4 Å². The molecule has 3 nitrogen and oxygen atoms in total. The highest BCUT2D eigenvalue weighted by molar-refractivity contribution is 7.99. The molecule has 1 N–H and O–H groups in total. The van der Waals surface area contributed by atoms with Crippen molar-refractivity contribution < 1.29 is 0 Å². The zero-order valence-electron chi connectivity index (χ0n) is 9.99. The van der Waals surface area contributed by atoms with E-state index in [2.05, 4.69) is 27.0 Å². The Bertz CT molecular complexity index is 328. The van der Waals surface area contributed by atoms with Crippen molar-refractivity contribution in [3.05, 3.63) is 17.5 Å². The Labute approximate surface area is 101 Å². The predicted octanol–water partition coefficient (Wildman–Crippen LogP) is 2.79. The van der Waals surface area contributed by atoms with Crippen LogP contribution in [-0.4, -0.2) is 27.5 Å². The summed E-state index contributed by atoms with van der Waals surface area (Å²) in [4.78, 5) is 8.77. The maximum absolute atomic E-state index is 4.39. The molecule has 88 valence electrons. The summed E-state index contributed by atoms with van der Waals surface area (Å²) in [6, 6.07) is 2.00. The molecule has 0 amide bonds. The first-order valence-electron chi connectivity index (χ1n) is 5.92. The molecule has 1 aliphatic heterocycles. The summed E-state index contributed by atoms with van der Waals surface area (Å²) in [6.07, 6.45) is 4.07. The second-order valence-corrected chi connectivity index (χ2v) is 5.75. The normalized spacial score (nSPS) is 20.8. The van der Waals surface area contributed by atoms with Gasteiger partial charge in [0.05, 0.1) is 0 Å². The molecular formula is C12H19N3S. The largest absolute Gasteiger partial charge is 0.353 e. The lowest BCUT2D eigenvalue weighted by Crippen LogP contribution is -2.21. The average Bonchev–Trinajstić information content (AvgIpc) is 2.27. The first-order valence-corrected chi connectivity index (χ1v) is 6.96. The van der Waals surface area contributed by atoms with Gasteiger partial charge in [0.2, 0.25) is 5.95 Å². The molecule has 2 rings (SSSR count). The topological polar surface area (TPSA) is 37.8 Å². The Morgan fingerprint density at radius 1 is 1.31 bits per heavy atom. The van der Waals surface area contributed by atoms with E-state index in [1.165, 1.54) is 25.0 Å². The van der Waals surface area contributed by atoms with Gasteiger partial charge in [-0.3, -0.25) is 0 Å². The number of nitrogens with one attached hydrogen (secondary N) is 1. The van der Waals surface area contributed by atoms with Gasteiger partial charge in [0.15, 0.2) is 0 Å². The number of anilines is 1. The standard InChI is InChI=1S/C12H19N3S/c1-9-7-10(2)15-12(14-9)13-8-11-5-3-4-6-16-11/h7,11H,3-6,8H2,1-2H3,(H,13,14,15). The molecule has 0 spiro atoms. The molecule has 0 radical (unpaired) electrons. The van der Waals surface area contributed by atoms with Gasteiger partial charge >= 0.3 is 0 Å². The lowest BCUT2D eigenvalue weighted by molar-refractivity contribution is 0.676. The fraction of sp³-hybridized carbons (Fsp3) is 0.667. The molecule has 1 aromatic rings. The van der Waals surface area contributed by atoms with Crippen LogP contribution in [0, 0.1) is 13.8 Å². The van der Waals surface area contributed by atoms with Crippen LogP contribution in [0.3, 0.4) is 0 Å². The van der Waals surface area contributed by atoms with Crippen LogP contribution in [0.5, 0.6) is 0 Å². The number of rotatable bonds is 3. The van der Waals surface area contributed by atoms with E-state index in [0.717, 1.165) is 29.1 Å². The highest BCUT2D eigenvalue weighted by Crippen LogP contribution is 2.24. The Morgan fingerprint density at radius 3 is 2.69 bits per heavy atom. The van der Waals surface area contributed by atoms with Crippen LogP contribution in [0.15, 0.2) is 6.07 Å². The third-order valence-electron chi connectivity index (χ3n) is 2.74.